The normalized spacial score (nSPS) is 12.0. The van der Waals surface area contributed by atoms with E-state index in [2.05, 4.69) is 0 Å². The van der Waals surface area contributed by atoms with Crippen molar-refractivity contribution in [1.29, 1.82) is 0 Å². The van der Waals surface area contributed by atoms with Crippen LogP contribution in [0.15, 0.2) is 60.7 Å². The molecule has 1 unspecified atom stereocenters. The summed E-state index contributed by atoms with van der Waals surface area (Å²) in [7, 11) is -3.69. The fourth-order valence-corrected chi connectivity index (χ4v) is 2.53. The van der Waals surface area contributed by atoms with Crippen LogP contribution < -0.4 is 0 Å². The second-order valence-corrected chi connectivity index (χ2v) is 6.76. The molecule has 2 rings (SSSR count). The van der Waals surface area contributed by atoms with Crippen LogP contribution in [0.5, 0.6) is 0 Å². The number of rotatable bonds is 6. The molecular formula is C18H22O5S. The van der Waals surface area contributed by atoms with Crippen molar-refractivity contribution in [3.8, 4) is 0 Å². The maximum atomic E-state index is 11.9. The molecule has 0 saturated heterocycles. The van der Waals surface area contributed by atoms with Gasteiger partial charge in [0.05, 0.1) is 5.75 Å². The Bertz CT molecular complexity index is 712. The minimum atomic E-state index is -3.69. The highest BCUT2D eigenvalue weighted by molar-refractivity contribution is 7.85. The van der Waals surface area contributed by atoms with Crippen molar-refractivity contribution < 1.29 is 22.9 Å². The molecule has 130 valence electrons. The Kier molecular flexibility index (Phi) is 8.32. The van der Waals surface area contributed by atoms with Crippen LogP contribution in [-0.4, -0.2) is 29.6 Å². The van der Waals surface area contributed by atoms with Gasteiger partial charge in [-0.15, -0.1) is 0 Å². The van der Waals surface area contributed by atoms with Gasteiger partial charge in [0, 0.05) is 5.56 Å². The van der Waals surface area contributed by atoms with Crippen molar-refractivity contribution in [3.63, 3.8) is 0 Å². The van der Waals surface area contributed by atoms with E-state index in [-0.39, 0.29) is 11.5 Å². The number of hydrogen-bond acceptors (Lipinski definition) is 4. The molecule has 0 aliphatic carbocycles. The first-order valence-corrected chi connectivity index (χ1v) is 9.23. The Morgan fingerprint density at radius 2 is 1.50 bits per heavy atom. The lowest BCUT2D eigenvalue weighted by Crippen LogP contribution is -2.11. The second kappa shape index (κ2) is 9.97. The zero-order valence-electron chi connectivity index (χ0n) is 13.5. The van der Waals surface area contributed by atoms with Crippen LogP contribution >= 0.6 is 0 Å². The highest BCUT2D eigenvalue weighted by atomic mass is 32.2. The molecule has 2 aromatic rings. The summed E-state index contributed by atoms with van der Waals surface area (Å²) in [4.78, 5) is 11.9. The van der Waals surface area contributed by atoms with E-state index in [1.54, 1.807) is 48.5 Å². The van der Waals surface area contributed by atoms with Crippen LogP contribution in [0.1, 0.15) is 41.8 Å². The summed E-state index contributed by atoms with van der Waals surface area (Å²) in [6, 6.07) is 17.7. The Morgan fingerprint density at radius 1 is 1.00 bits per heavy atom. The number of carbonyl (C=O) groups is 1. The third kappa shape index (κ3) is 7.50. The van der Waals surface area contributed by atoms with E-state index in [1.165, 1.54) is 0 Å². The van der Waals surface area contributed by atoms with Gasteiger partial charge in [0.25, 0.3) is 10.1 Å². The predicted molar refractivity (Wildman–Crippen MR) is 93.5 cm³/mol. The van der Waals surface area contributed by atoms with E-state index in [4.69, 9.17) is 4.55 Å². The lowest BCUT2D eigenvalue weighted by molar-refractivity contribution is 0.0747. The highest BCUT2D eigenvalue weighted by Crippen LogP contribution is 2.17. The van der Waals surface area contributed by atoms with Gasteiger partial charge in [-0.05, 0) is 12.0 Å². The van der Waals surface area contributed by atoms with Crippen molar-refractivity contribution in [1.82, 2.24) is 0 Å². The number of carbonyl (C=O) groups excluding carboxylic acids is 1. The van der Waals surface area contributed by atoms with E-state index in [9.17, 15) is 18.3 Å². The minimum absolute atomic E-state index is 0.108. The fourth-order valence-electron chi connectivity index (χ4n) is 1.87. The minimum Gasteiger partial charge on any atom is -0.380 e. The Hall–Kier alpha value is -2.02. The number of aliphatic hydroxyl groups is 1. The molecule has 0 aromatic heterocycles. The molecule has 2 N–H and O–H groups in total. The molecule has 5 nitrogen and oxygen atoms in total. The number of ketones is 1. The molecule has 0 saturated carbocycles. The fraction of sp³-hybridized carbons (Fsp3) is 0.278. The molecule has 0 aliphatic heterocycles. The molecule has 0 amide bonds. The van der Waals surface area contributed by atoms with Crippen LogP contribution in [0, 0.1) is 0 Å². The molecule has 2 aromatic carbocycles. The van der Waals surface area contributed by atoms with E-state index in [1.807, 2.05) is 19.1 Å². The third-order valence-electron chi connectivity index (χ3n) is 3.18. The third-order valence-corrected chi connectivity index (χ3v) is 3.98. The number of Topliss-reactive ketones (excluding diaryl/α,β-unsaturated/α-hetero) is 1. The van der Waals surface area contributed by atoms with E-state index in [0.717, 1.165) is 6.42 Å². The number of aliphatic hydroxyl groups excluding tert-OH is 1. The van der Waals surface area contributed by atoms with Crippen LogP contribution in [0.25, 0.3) is 0 Å². The summed E-state index contributed by atoms with van der Waals surface area (Å²) in [5.41, 5.74) is 1.15. The van der Waals surface area contributed by atoms with E-state index >= 15 is 0 Å². The van der Waals surface area contributed by atoms with Gasteiger partial charge in [-0.1, -0.05) is 74.0 Å². The Labute approximate surface area is 142 Å². The summed E-state index contributed by atoms with van der Waals surface area (Å²) in [6.07, 6.45) is 0.252. The van der Waals surface area contributed by atoms with Gasteiger partial charge >= 0.3 is 0 Å². The van der Waals surface area contributed by atoms with Crippen LogP contribution in [-0.2, 0) is 10.1 Å². The van der Waals surface area contributed by atoms with Crippen molar-refractivity contribution in [3.05, 3.63) is 71.8 Å². The molecule has 0 spiro atoms. The van der Waals surface area contributed by atoms with E-state index in [0.29, 0.717) is 17.5 Å². The molecule has 24 heavy (non-hydrogen) atoms. The summed E-state index contributed by atoms with van der Waals surface area (Å²) in [5.74, 6) is -0.379. The van der Waals surface area contributed by atoms with Crippen molar-refractivity contribution in [2.75, 3.05) is 5.75 Å². The predicted octanol–water partition coefficient (Wildman–Crippen LogP) is 3.28. The van der Waals surface area contributed by atoms with Gasteiger partial charge in [0.2, 0.25) is 0 Å². The van der Waals surface area contributed by atoms with Crippen molar-refractivity contribution >= 4 is 15.9 Å². The molecule has 0 radical (unpaired) electrons. The zero-order valence-corrected chi connectivity index (χ0v) is 14.3. The average Bonchev–Trinajstić information content (AvgIpc) is 2.60. The second-order valence-electron chi connectivity index (χ2n) is 5.18. The standard InChI is InChI=1S/C14H12O2.C4H10O3S/c15-13(11-7-3-1-4-8-11)14(16)12-9-5-2-6-10-12;1-2-3-4-8(5,6)7/h1-10,13,15H;2-4H2,1H3,(H,5,6,7). The molecule has 6 heteroatoms. The van der Waals surface area contributed by atoms with Gasteiger partial charge in [-0.2, -0.15) is 8.42 Å². The number of benzene rings is 2. The van der Waals surface area contributed by atoms with Gasteiger partial charge < -0.3 is 5.11 Å². The largest absolute Gasteiger partial charge is 0.380 e. The molecular weight excluding hydrogens is 328 g/mol. The lowest BCUT2D eigenvalue weighted by Gasteiger charge is -2.09. The van der Waals surface area contributed by atoms with E-state index < -0.39 is 16.2 Å². The Balaban J connectivity index is 0.000000307. The molecule has 0 heterocycles. The zero-order chi connectivity index (χ0) is 18.0. The monoisotopic (exact) mass is 350 g/mol. The summed E-state index contributed by atoms with van der Waals surface area (Å²) < 4.78 is 28.0. The van der Waals surface area contributed by atoms with Crippen molar-refractivity contribution in [2.24, 2.45) is 0 Å². The van der Waals surface area contributed by atoms with Crippen LogP contribution in [0.3, 0.4) is 0 Å². The smallest absolute Gasteiger partial charge is 0.264 e. The quantitative estimate of drug-likeness (QED) is 0.616. The number of hydrogen-bond donors (Lipinski definition) is 2. The first-order valence-electron chi connectivity index (χ1n) is 7.62. The Morgan fingerprint density at radius 3 is 1.92 bits per heavy atom. The summed E-state index contributed by atoms with van der Waals surface area (Å²) in [5, 5.41) is 9.89. The van der Waals surface area contributed by atoms with Crippen molar-refractivity contribution in [2.45, 2.75) is 25.9 Å². The van der Waals surface area contributed by atoms with Gasteiger partial charge in [-0.3, -0.25) is 9.35 Å². The summed E-state index contributed by atoms with van der Waals surface area (Å²) >= 11 is 0. The highest BCUT2D eigenvalue weighted by Gasteiger charge is 2.18. The number of unbranched alkanes of at least 4 members (excludes halogenated alkanes) is 1. The first kappa shape index (κ1) is 20.0. The molecule has 0 bridgehead atoms. The molecule has 1 atom stereocenters. The maximum absolute atomic E-state index is 11.9. The van der Waals surface area contributed by atoms with Gasteiger partial charge in [0.15, 0.2) is 5.78 Å². The molecule has 0 aliphatic rings. The average molecular weight is 350 g/mol. The lowest BCUT2D eigenvalue weighted by atomic mass is 10.0. The van der Waals surface area contributed by atoms with Crippen LogP contribution in [0.4, 0.5) is 0 Å². The SMILES string of the molecule is CCCCS(=O)(=O)O.O=C(c1ccccc1)C(O)c1ccccc1. The first-order chi connectivity index (χ1) is 11.3. The van der Waals surface area contributed by atoms with Crippen LogP contribution in [0.2, 0.25) is 0 Å². The van der Waals surface area contributed by atoms with Gasteiger partial charge in [0.1, 0.15) is 6.10 Å². The topological polar surface area (TPSA) is 91.7 Å². The molecule has 0 fully saturated rings. The van der Waals surface area contributed by atoms with Gasteiger partial charge in [-0.25, -0.2) is 0 Å². The maximum Gasteiger partial charge on any atom is 0.264 e. The summed E-state index contributed by atoms with van der Waals surface area (Å²) in [6.45, 7) is 1.87.